The molecule has 0 aromatic carbocycles. The van der Waals surface area contributed by atoms with E-state index in [9.17, 15) is 14.4 Å². The summed E-state index contributed by atoms with van der Waals surface area (Å²) in [5, 5.41) is 0. The number of carbonyl (C=O) groups is 3. The summed E-state index contributed by atoms with van der Waals surface area (Å²) in [7, 11) is 0. The minimum atomic E-state index is -0.764. The van der Waals surface area contributed by atoms with E-state index >= 15 is 0 Å². The molecule has 0 heterocycles. The molecule has 1 unspecified atom stereocenters. The molecule has 0 saturated carbocycles. The number of carbonyl (C=O) groups excluding carboxylic acids is 3. The van der Waals surface area contributed by atoms with E-state index < -0.39 is 6.10 Å². The first kappa shape index (κ1) is 72.4. The fraction of sp³-hybridized carbons (Fsp3) is 0.956. The summed E-state index contributed by atoms with van der Waals surface area (Å²) < 4.78 is 17.0. The molecule has 0 N–H and O–H groups in total. The van der Waals surface area contributed by atoms with Crippen LogP contribution in [0.3, 0.4) is 0 Å². The molecule has 6 heteroatoms. The van der Waals surface area contributed by atoms with Gasteiger partial charge in [-0.1, -0.05) is 349 Å². The van der Waals surface area contributed by atoms with Crippen LogP contribution in [0.1, 0.15) is 388 Å². The molecule has 0 aromatic heterocycles. The SMILES string of the molecule is CCCCCCCCCCCCCCCCCCCC(=O)O[C@H](COC(=O)CCCCCCCCCCCCCCCCCCCCC(C)CC)COC(=O)CCCCCCCCCCCCCCCCC(C)C. The summed E-state index contributed by atoms with van der Waals surface area (Å²) >= 11 is 0. The van der Waals surface area contributed by atoms with Crippen LogP contribution in [0, 0.1) is 11.8 Å². The zero-order chi connectivity index (χ0) is 53.9. The van der Waals surface area contributed by atoms with Crippen LogP contribution in [-0.4, -0.2) is 37.2 Å². The third-order valence-electron chi connectivity index (χ3n) is 16.1. The number of ether oxygens (including phenoxy) is 3. The number of rotatable bonds is 62. The Hall–Kier alpha value is -1.59. The van der Waals surface area contributed by atoms with Crippen molar-refractivity contribution in [2.45, 2.75) is 394 Å². The summed E-state index contributed by atoms with van der Waals surface area (Å²) in [6, 6.07) is 0. The monoisotopic (exact) mass is 1050 g/mol. The second-order valence-electron chi connectivity index (χ2n) is 24.2. The highest BCUT2D eigenvalue weighted by molar-refractivity contribution is 5.71. The maximum atomic E-state index is 12.9. The molecule has 0 radical (unpaired) electrons. The standard InChI is InChI=1S/C68H132O6/c1-6-8-9-10-11-12-13-14-15-18-23-30-35-40-45-50-55-60-68(71)74-65(62-73-67(70)59-54-49-44-39-34-29-25-24-26-31-36-41-46-51-56-63(3)4)61-72-66(69)58-53-48-43-38-33-28-22-20-17-16-19-21-27-32-37-42-47-52-57-64(5)7-2/h63-65H,6-62H2,1-5H3/t64?,65-/m1/s1. The van der Waals surface area contributed by atoms with Crippen LogP contribution < -0.4 is 0 Å². The van der Waals surface area contributed by atoms with Gasteiger partial charge in [-0.05, 0) is 31.1 Å². The van der Waals surface area contributed by atoms with E-state index in [-0.39, 0.29) is 31.1 Å². The molecule has 0 aliphatic rings. The van der Waals surface area contributed by atoms with E-state index in [2.05, 4.69) is 34.6 Å². The molecule has 0 bridgehead atoms. The molecular formula is C68H132O6. The van der Waals surface area contributed by atoms with Gasteiger partial charge >= 0.3 is 17.9 Å². The van der Waals surface area contributed by atoms with Crippen LogP contribution in [-0.2, 0) is 28.6 Å². The van der Waals surface area contributed by atoms with E-state index in [1.807, 2.05) is 0 Å². The minimum absolute atomic E-state index is 0.0614. The molecule has 0 amide bonds. The van der Waals surface area contributed by atoms with Gasteiger partial charge in [-0.3, -0.25) is 14.4 Å². The summed E-state index contributed by atoms with van der Waals surface area (Å²) in [4.78, 5) is 38.4. The Bertz CT molecular complexity index is 1140. The van der Waals surface area contributed by atoms with Crippen molar-refractivity contribution >= 4 is 17.9 Å². The van der Waals surface area contributed by atoms with Gasteiger partial charge in [0.25, 0.3) is 0 Å². The van der Waals surface area contributed by atoms with Gasteiger partial charge in [-0.15, -0.1) is 0 Å². The van der Waals surface area contributed by atoms with Gasteiger partial charge in [-0.2, -0.15) is 0 Å². The Kier molecular flexibility index (Phi) is 59.3. The van der Waals surface area contributed by atoms with Crippen LogP contribution in [0.4, 0.5) is 0 Å². The molecule has 0 spiro atoms. The van der Waals surface area contributed by atoms with Gasteiger partial charge in [0.2, 0.25) is 0 Å². The first-order valence-electron chi connectivity index (χ1n) is 33.8. The summed E-state index contributed by atoms with van der Waals surface area (Å²) in [5.74, 6) is 0.928. The van der Waals surface area contributed by atoms with Crippen molar-refractivity contribution in [3.63, 3.8) is 0 Å². The lowest BCUT2D eigenvalue weighted by Gasteiger charge is -2.18. The normalized spacial score (nSPS) is 12.4. The Morgan fingerprint density at radius 1 is 0.284 bits per heavy atom. The van der Waals surface area contributed by atoms with Crippen molar-refractivity contribution in [2.75, 3.05) is 13.2 Å². The average molecular weight is 1050 g/mol. The number of hydrogen-bond acceptors (Lipinski definition) is 6. The van der Waals surface area contributed by atoms with Crippen molar-refractivity contribution in [3.05, 3.63) is 0 Å². The van der Waals surface area contributed by atoms with Crippen LogP contribution in [0.25, 0.3) is 0 Å². The van der Waals surface area contributed by atoms with Gasteiger partial charge in [0.1, 0.15) is 13.2 Å². The average Bonchev–Trinajstić information content (AvgIpc) is 3.39. The zero-order valence-corrected chi connectivity index (χ0v) is 51.0. The molecule has 0 aliphatic carbocycles. The van der Waals surface area contributed by atoms with Crippen molar-refractivity contribution in [1.29, 1.82) is 0 Å². The summed E-state index contributed by atoms with van der Waals surface area (Å²) in [5.41, 5.74) is 0. The molecule has 440 valence electrons. The second-order valence-corrected chi connectivity index (χ2v) is 24.2. The minimum Gasteiger partial charge on any atom is -0.462 e. The highest BCUT2D eigenvalue weighted by atomic mass is 16.6. The molecule has 2 atom stereocenters. The van der Waals surface area contributed by atoms with Gasteiger partial charge in [-0.25, -0.2) is 0 Å². The number of hydrogen-bond donors (Lipinski definition) is 0. The predicted octanol–water partition coefficient (Wildman–Crippen LogP) is 22.8. The lowest BCUT2D eigenvalue weighted by atomic mass is 9.99. The van der Waals surface area contributed by atoms with Crippen molar-refractivity contribution in [1.82, 2.24) is 0 Å². The molecule has 74 heavy (non-hydrogen) atoms. The molecule has 0 saturated heterocycles. The van der Waals surface area contributed by atoms with Gasteiger partial charge in [0.15, 0.2) is 6.10 Å². The number of esters is 3. The van der Waals surface area contributed by atoms with E-state index in [0.717, 1.165) is 69.6 Å². The van der Waals surface area contributed by atoms with Crippen LogP contribution in [0.2, 0.25) is 0 Å². The Balaban J connectivity index is 4.26. The lowest BCUT2D eigenvalue weighted by molar-refractivity contribution is -0.167. The van der Waals surface area contributed by atoms with Crippen molar-refractivity contribution < 1.29 is 28.6 Å². The third-order valence-corrected chi connectivity index (χ3v) is 16.1. The number of unbranched alkanes of at least 4 members (excludes halogenated alkanes) is 46. The van der Waals surface area contributed by atoms with Crippen molar-refractivity contribution in [2.24, 2.45) is 11.8 Å². The topological polar surface area (TPSA) is 78.9 Å². The Morgan fingerprint density at radius 2 is 0.514 bits per heavy atom. The first-order valence-corrected chi connectivity index (χ1v) is 33.8. The lowest BCUT2D eigenvalue weighted by Crippen LogP contribution is -2.30. The zero-order valence-electron chi connectivity index (χ0n) is 51.0. The maximum Gasteiger partial charge on any atom is 0.306 e. The fourth-order valence-corrected chi connectivity index (χ4v) is 10.6. The third kappa shape index (κ3) is 59.7. The quantitative estimate of drug-likeness (QED) is 0.0343. The molecular weight excluding hydrogens is 913 g/mol. The highest BCUT2D eigenvalue weighted by Crippen LogP contribution is 2.20. The van der Waals surface area contributed by atoms with E-state index in [4.69, 9.17) is 14.2 Å². The Labute approximate surface area is 463 Å². The van der Waals surface area contributed by atoms with E-state index in [0.29, 0.717) is 19.3 Å². The molecule has 0 aliphatic heterocycles. The Morgan fingerprint density at radius 3 is 0.770 bits per heavy atom. The predicted molar refractivity (Wildman–Crippen MR) is 321 cm³/mol. The molecule has 0 fully saturated rings. The van der Waals surface area contributed by atoms with E-state index in [1.165, 1.54) is 276 Å². The van der Waals surface area contributed by atoms with Gasteiger partial charge in [0.05, 0.1) is 0 Å². The van der Waals surface area contributed by atoms with E-state index in [1.54, 1.807) is 0 Å². The molecule has 6 nitrogen and oxygen atoms in total. The van der Waals surface area contributed by atoms with Gasteiger partial charge in [0, 0.05) is 19.3 Å². The molecule has 0 aromatic rings. The first-order chi connectivity index (χ1) is 36.3. The van der Waals surface area contributed by atoms with Crippen LogP contribution in [0.5, 0.6) is 0 Å². The largest absolute Gasteiger partial charge is 0.462 e. The maximum absolute atomic E-state index is 12.9. The van der Waals surface area contributed by atoms with Crippen LogP contribution in [0.15, 0.2) is 0 Å². The molecule has 0 rings (SSSR count). The summed E-state index contributed by atoms with van der Waals surface area (Å²) in [6.07, 6.45) is 68.2. The summed E-state index contributed by atoms with van der Waals surface area (Å²) in [6.45, 7) is 11.5. The van der Waals surface area contributed by atoms with Crippen LogP contribution >= 0.6 is 0 Å². The van der Waals surface area contributed by atoms with Gasteiger partial charge < -0.3 is 14.2 Å². The fourth-order valence-electron chi connectivity index (χ4n) is 10.6. The smallest absolute Gasteiger partial charge is 0.306 e. The van der Waals surface area contributed by atoms with Crippen molar-refractivity contribution in [3.8, 4) is 0 Å². The highest BCUT2D eigenvalue weighted by Gasteiger charge is 2.20. The second kappa shape index (κ2) is 60.6.